The van der Waals surface area contributed by atoms with Crippen molar-refractivity contribution in [2.45, 2.75) is 10.7 Å². The van der Waals surface area contributed by atoms with E-state index in [4.69, 9.17) is 0 Å². The maximum Gasteiger partial charge on any atom is 0.0894 e. The predicted octanol–water partition coefficient (Wildman–Crippen LogP) is 4.72. The number of aromatic nitrogens is 1. The number of rotatable bonds is 2. The van der Waals surface area contributed by atoms with E-state index in [1.165, 1.54) is 11.1 Å². The fourth-order valence-corrected chi connectivity index (χ4v) is 2.79. The third-order valence-electron chi connectivity index (χ3n) is 3.34. The SMILES string of the molecule is BrC1(c2ccccn2)C=CC(c2ccccc2)=CC1. The second kappa shape index (κ2) is 5.14. The minimum Gasteiger partial charge on any atom is -0.259 e. The number of benzene rings is 1. The normalized spacial score (nSPS) is 22.1. The van der Waals surface area contributed by atoms with Crippen LogP contribution < -0.4 is 0 Å². The molecule has 1 unspecified atom stereocenters. The highest BCUT2D eigenvalue weighted by molar-refractivity contribution is 9.09. The zero-order valence-electron chi connectivity index (χ0n) is 10.5. The summed E-state index contributed by atoms with van der Waals surface area (Å²) in [5.74, 6) is 0. The number of halogens is 1. The van der Waals surface area contributed by atoms with Gasteiger partial charge < -0.3 is 0 Å². The lowest BCUT2D eigenvalue weighted by atomic mass is 9.90. The Bertz CT molecular complexity index is 616. The Labute approximate surface area is 121 Å². The molecule has 2 aromatic rings. The first-order valence-corrected chi connectivity index (χ1v) is 7.12. The monoisotopic (exact) mass is 311 g/mol. The first-order chi connectivity index (χ1) is 9.28. The summed E-state index contributed by atoms with van der Waals surface area (Å²) in [6, 6.07) is 16.5. The van der Waals surface area contributed by atoms with E-state index in [0.717, 1.165) is 12.1 Å². The molecular formula is C17H14BrN. The van der Waals surface area contributed by atoms with Crippen molar-refractivity contribution in [3.8, 4) is 0 Å². The van der Waals surface area contributed by atoms with E-state index in [9.17, 15) is 0 Å². The fourth-order valence-electron chi connectivity index (χ4n) is 2.26. The zero-order valence-corrected chi connectivity index (χ0v) is 12.0. The molecule has 1 aromatic heterocycles. The second-order valence-electron chi connectivity index (χ2n) is 4.64. The largest absolute Gasteiger partial charge is 0.259 e. The highest BCUT2D eigenvalue weighted by atomic mass is 79.9. The van der Waals surface area contributed by atoms with Crippen molar-refractivity contribution in [3.63, 3.8) is 0 Å². The molecule has 0 bridgehead atoms. The maximum absolute atomic E-state index is 4.44. The average molecular weight is 312 g/mol. The van der Waals surface area contributed by atoms with Gasteiger partial charge in [-0.2, -0.15) is 0 Å². The number of hydrogen-bond acceptors (Lipinski definition) is 1. The zero-order chi connectivity index (χ0) is 13.1. The first-order valence-electron chi connectivity index (χ1n) is 6.33. The molecule has 2 heteroatoms. The van der Waals surface area contributed by atoms with Crippen molar-refractivity contribution >= 4 is 21.5 Å². The molecule has 1 nitrogen and oxygen atoms in total. The number of alkyl halides is 1. The van der Waals surface area contributed by atoms with Crippen LogP contribution in [0.1, 0.15) is 17.7 Å². The number of nitrogens with zero attached hydrogens (tertiary/aromatic N) is 1. The van der Waals surface area contributed by atoms with Crippen LogP contribution in [-0.2, 0) is 4.32 Å². The van der Waals surface area contributed by atoms with Gasteiger partial charge in [-0.05, 0) is 29.7 Å². The maximum atomic E-state index is 4.44. The van der Waals surface area contributed by atoms with Gasteiger partial charge >= 0.3 is 0 Å². The Morgan fingerprint density at radius 1 is 1.00 bits per heavy atom. The van der Waals surface area contributed by atoms with E-state index in [1.54, 1.807) is 0 Å². The van der Waals surface area contributed by atoms with Gasteiger partial charge in [-0.3, -0.25) is 4.98 Å². The van der Waals surface area contributed by atoms with Gasteiger partial charge in [-0.25, -0.2) is 0 Å². The molecule has 0 radical (unpaired) electrons. The van der Waals surface area contributed by atoms with Crippen LogP contribution in [0.3, 0.4) is 0 Å². The highest BCUT2D eigenvalue weighted by Gasteiger charge is 2.28. The number of allylic oxidation sites excluding steroid dienone is 4. The number of pyridine rings is 1. The van der Waals surface area contributed by atoms with Crippen molar-refractivity contribution in [1.29, 1.82) is 0 Å². The molecule has 94 valence electrons. The van der Waals surface area contributed by atoms with Crippen LogP contribution in [0.2, 0.25) is 0 Å². The van der Waals surface area contributed by atoms with E-state index in [1.807, 2.05) is 24.4 Å². The van der Waals surface area contributed by atoms with Crippen LogP contribution in [0.5, 0.6) is 0 Å². The van der Waals surface area contributed by atoms with Crippen LogP contribution in [0.15, 0.2) is 73.0 Å². The van der Waals surface area contributed by atoms with E-state index in [0.29, 0.717) is 0 Å². The summed E-state index contributed by atoms with van der Waals surface area (Å²) in [7, 11) is 0. The van der Waals surface area contributed by atoms with Crippen LogP contribution >= 0.6 is 15.9 Å². The Morgan fingerprint density at radius 3 is 2.42 bits per heavy atom. The van der Waals surface area contributed by atoms with Crippen LogP contribution in [0.4, 0.5) is 0 Å². The fraction of sp³-hybridized carbons (Fsp3) is 0.118. The molecule has 1 aromatic carbocycles. The summed E-state index contributed by atoms with van der Waals surface area (Å²) >= 11 is 3.81. The Balaban J connectivity index is 1.87. The smallest absolute Gasteiger partial charge is 0.0894 e. The van der Waals surface area contributed by atoms with E-state index < -0.39 is 0 Å². The molecule has 0 saturated carbocycles. The molecule has 0 N–H and O–H groups in total. The summed E-state index contributed by atoms with van der Waals surface area (Å²) in [6.07, 6.45) is 9.37. The molecule has 1 aliphatic carbocycles. The Morgan fingerprint density at radius 2 is 1.79 bits per heavy atom. The minimum atomic E-state index is -0.174. The van der Waals surface area contributed by atoms with Gasteiger partial charge in [0, 0.05) is 6.20 Å². The van der Waals surface area contributed by atoms with Gasteiger partial charge in [-0.1, -0.05) is 70.6 Å². The lowest BCUT2D eigenvalue weighted by Gasteiger charge is -2.25. The second-order valence-corrected chi connectivity index (χ2v) is 6.06. The lowest BCUT2D eigenvalue weighted by molar-refractivity contribution is 0.766. The van der Waals surface area contributed by atoms with Crippen molar-refractivity contribution in [3.05, 3.63) is 84.2 Å². The molecule has 1 aliphatic rings. The Kier molecular flexibility index (Phi) is 3.34. The average Bonchev–Trinajstić information content (AvgIpc) is 2.50. The molecule has 1 atom stereocenters. The van der Waals surface area contributed by atoms with Crippen LogP contribution in [0, 0.1) is 0 Å². The first kappa shape index (κ1) is 12.4. The highest BCUT2D eigenvalue weighted by Crippen LogP contribution is 2.40. The molecular weight excluding hydrogens is 298 g/mol. The minimum absolute atomic E-state index is 0.174. The molecule has 0 saturated heterocycles. The van der Waals surface area contributed by atoms with Gasteiger partial charge in [0.2, 0.25) is 0 Å². The van der Waals surface area contributed by atoms with Crippen molar-refractivity contribution < 1.29 is 0 Å². The molecule has 1 heterocycles. The number of hydrogen-bond donors (Lipinski definition) is 0. The Hall–Kier alpha value is -1.67. The van der Waals surface area contributed by atoms with Gasteiger partial charge in [0.1, 0.15) is 0 Å². The molecule has 19 heavy (non-hydrogen) atoms. The molecule has 0 fully saturated rings. The van der Waals surface area contributed by atoms with Crippen LogP contribution in [-0.4, -0.2) is 4.98 Å². The topological polar surface area (TPSA) is 12.9 Å². The quantitative estimate of drug-likeness (QED) is 0.732. The predicted molar refractivity (Wildman–Crippen MR) is 83.0 cm³/mol. The summed E-state index contributed by atoms with van der Waals surface area (Å²) in [6.45, 7) is 0. The molecule has 0 spiro atoms. The molecule has 0 amide bonds. The standard InChI is InChI=1S/C17H14BrN/c18-17(16-8-4-5-13-19-16)11-9-15(10-12-17)14-6-2-1-3-7-14/h1-11,13H,12H2. The summed E-state index contributed by atoms with van der Waals surface area (Å²) in [5.41, 5.74) is 3.58. The van der Waals surface area contributed by atoms with E-state index >= 15 is 0 Å². The summed E-state index contributed by atoms with van der Waals surface area (Å²) < 4.78 is -0.174. The van der Waals surface area contributed by atoms with Crippen molar-refractivity contribution in [1.82, 2.24) is 4.98 Å². The van der Waals surface area contributed by atoms with Crippen molar-refractivity contribution in [2.24, 2.45) is 0 Å². The molecule has 3 rings (SSSR count). The summed E-state index contributed by atoms with van der Waals surface area (Å²) in [5, 5.41) is 0. The van der Waals surface area contributed by atoms with Crippen LogP contribution in [0.25, 0.3) is 5.57 Å². The van der Waals surface area contributed by atoms with Crippen molar-refractivity contribution in [2.75, 3.05) is 0 Å². The third kappa shape index (κ3) is 2.54. The van der Waals surface area contributed by atoms with Gasteiger partial charge in [0.25, 0.3) is 0 Å². The van der Waals surface area contributed by atoms with Gasteiger partial charge in [-0.15, -0.1) is 0 Å². The third-order valence-corrected chi connectivity index (χ3v) is 4.34. The van der Waals surface area contributed by atoms with Gasteiger partial charge in [0.15, 0.2) is 0 Å². The van der Waals surface area contributed by atoms with E-state index in [-0.39, 0.29) is 4.32 Å². The molecule has 0 aliphatic heterocycles. The summed E-state index contributed by atoms with van der Waals surface area (Å²) in [4.78, 5) is 4.44. The van der Waals surface area contributed by atoms with Gasteiger partial charge in [0.05, 0.1) is 10.0 Å². The lowest BCUT2D eigenvalue weighted by Crippen LogP contribution is -2.17. The van der Waals surface area contributed by atoms with E-state index in [2.05, 4.69) is 69.5 Å².